The zero-order chi connectivity index (χ0) is 12.0. The number of nitriles is 1. The molecule has 1 unspecified atom stereocenters. The molecule has 0 saturated heterocycles. The molecule has 0 aliphatic rings. The van der Waals surface area contributed by atoms with Gasteiger partial charge < -0.3 is 10.6 Å². The van der Waals surface area contributed by atoms with Crippen molar-refractivity contribution in [3.8, 4) is 6.07 Å². The van der Waals surface area contributed by atoms with Crippen molar-refractivity contribution in [2.45, 2.75) is 26.3 Å². The van der Waals surface area contributed by atoms with Gasteiger partial charge >= 0.3 is 6.03 Å². The summed E-state index contributed by atoms with van der Waals surface area (Å²) in [6.45, 7) is 3.83. The fraction of sp³-hybridized carbons (Fsp3) is 0.333. The van der Waals surface area contributed by atoms with Crippen LogP contribution in [0.1, 0.15) is 18.9 Å². The molecule has 1 aromatic rings. The molecule has 4 heteroatoms. The molecule has 4 nitrogen and oxygen atoms in total. The monoisotopic (exact) mass is 217 g/mol. The van der Waals surface area contributed by atoms with E-state index in [4.69, 9.17) is 5.26 Å². The second-order valence-corrected chi connectivity index (χ2v) is 3.55. The summed E-state index contributed by atoms with van der Waals surface area (Å²) in [6.07, 6.45) is 0.595. The highest BCUT2D eigenvalue weighted by atomic mass is 16.2. The van der Waals surface area contributed by atoms with Crippen molar-refractivity contribution < 1.29 is 4.79 Å². The van der Waals surface area contributed by atoms with E-state index in [-0.39, 0.29) is 6.03 Å². The number of hydrogen-bond donors (Lipinski definition) is 2. The predicted octanol–water partition coefficient (Wildman–Crippen LogP) is 2.42. The third kappa shape index (κ3) is 3.62. The topological polar surface area (TPSA) is 64.9 Å². The van der Waals surface area contributed by atoms with Gasteiger partial charge in [0.25, 0.3) is 0 Å². The second-order valence-electron chi connectivity index (χ2n) is 3.55. The Labute approximate surface area is 95.3 Å². The zero-order valence-electron chi connectivity index (χ0n) is 9.45. The number of urea groups is 1. The van der Waals surface area contributed by atoms with Crippen LogP contribution in [0.4, 0.5) is 10.5 Å². The highest BCUT2D eigenvalue weighted by Crippen LogP contribution is 2.08. The summed E-state index contributed by atoms with van der Waals surface area (Å²) >= 11 is 0. The van der Waals surface area contributed by atoms with Crippen LogP contribution in [-0.2, 0) is 0 Å². The molecule has 0 fully saturated rings. The molecule has 2 N–H and O–H groups in total. The summed E-state index contributed by atoms with van der Waals surface area (Å²) in [6, 6.07) is 8.69. The Morgan fingerprint density at radius 2 is 2.06 bits per heavy atom. The molecule has 1 rings (SSSR count). The third-order valence-corrected chi connectivity index (χ3v) is 2.18. The molecule has 0 saturated carbocycles. The fourth-order valence-corrected chi connectivity index (χ4v) is 1.19. The third-order valence-electron chi connectivity index (χ3n) is 2.18. The van der Waals surface area contributed by atoms with Gasteiger partial charge in [0.15, 0.2) is 0 Å². The Bertz CT molecular complexity index is 392. The van der Waals surface area contributed by atoms with Gasteiger partial charge in [0.2, 0.25) is 0 Å². The van der Waals surface area contributed by atoms with Crippen LogP contribution in [0.3, 0.4) is 0 Å². The van der Waals surface area contributed by atoms with Crippen LogP contribution >= 0.6 is 0 Å². The molecule has 16 heavy (non-hydrogen) atoms. The molecule has 2 amide bonds. The number of aryl methyl sites for hydroxylation is 1. The average molecular weight is 217 g/mol. The van der Waals surface area contributed by atoms with Crippen molar-refractivity contribution in [1.29, 1.82) is 5.26 Å². The smallest absolute Gasteiger partial charge is 0.320 e. The minimum absolute atomic E-state index is 0.350. The van der Waals surface area contributed by atoms with Gasteiger partial charge in [-0.15, -0.1) is 0 Å². The maximum atomic E-state index is 11.5. The lowest BCUT2D eigenvalue weighted by atomic mass is 10.2. The van der Waals surface area contributed by atoms with Crippen molar-refractivity contribution in [2.75, 3.05) is 5.32 Å². The first-order chi connectivity index (χ1) is 7.65. The van der Waals surface area contributed by atoms with E-state index in [0.717, 1.165) is 11.3 Å². The highest BCUT2D eigenvalue weighted by Gasteiger charge is 2.08. The summed E-state index contributed by atoms with van der Waals surface area (Å²) in [7, 11) is 0. The Morgan fingerprint density at radius 3 is 2.56 bits per heavy atom. The van der Waals surface area contributed by atoms with Gasteiger partial charge in [-0.05, 0) is 25.5 Å². The number of amides is 2. The molecule has 0 aliphatic heterocycles. The van der Waals surface area contributed by atoms with Crippen LogP contribution < -0.4 is 10.6 Å². The summed E-state index contributed by atoms with van der Waals surface area (Å²) < 4.78 is 0. The lowest BCUT2D eigenvalue weighted by molar-refractivity contribution is 0.250. The summed E-state index contributed by atoms with van der Waals surface area (Å²) in [5.41, 5.74) is 1.85. The lowest BCUT2D eigenvalue weighted by Gasteiger charge is -2.10. The van der Waals surface area contributed by atoms with Crippen molar-refractivity contribution >= 4 is 11.7 Å². The van der Waals surface area contributed by atoms with E-state index in [1.165, 1.54) is 0 Å². The number of benzene rings is 1. The van der Waals surface area contributed by atoms with Gasteiger partial charge in [-0.1, -0.05) is 24.6 Å². The van der Waals surface area contributed by atoms with E-state index in [1.807, 2.05) is 44.2 Å². The number of nitrogens with zero attached hydrogens (tertiary/aromatic N) is 1. The molecule has 1 aromatic carbocycles. The van der Waals surface area contributed by atoms with Crippen molar-refractivity contribution in [1.82, 2.24) is 5.32 Å². The average Bonchev–Trinajstić information content (AvgIpc) is 2.29. The van der Waals surface area contributed by atoms with Crippen LogP contribution in [0.2, 0.25) is 0 Å². The van der Waals surface area contributed by atoms with Crippen molar-refractivity contribution in [2.24, 2.45) is 0 Å². The number of nitrogens with one attached hydrogen (secondary N) is 2. The molecule has 0 radical (unpaired) electrons. The normalized spacial score (nSPS) is 11.3. The Kier molecular flexibility index (Phi) is 4.34. The van der Waals surface area contributed by atoms with E-state index in [9.17, 15) is 4.79 Å². The van der Waals surface area contributed by atoms with Crippen molar-refractivity contribution in [3.63, 3.8) is 0 Å². The molecular formula is C12H15N3O. The van der Waals surface area contributed by atoms with Crippen LogP contribution in [0.5, 0.6) is 0 Å². The van der Waals surface area contributed by atoms with Gasteiger partial charge in [0.1, 0.15) is 6.04 Å². The first-order valence-corrected chi connectivity index (χ1v) is 5.19. The SMILES string of the molecule is CCC(C#N)NC(=O)Nc1ccc(C)cc1. The van der Waals surface area contributed by atoms with E-state index in [0.29, 0.717) is 6.42 Å². The number of carbonyl (C=O) groups is 1. The van der Waals surface area contributed by atoms with Crippen molar-refractivity contribution in [3.05, 3.63) is 29.8 Å². The molecule has 1 atom stereocenters. The quantitative estimate of drug-likeness (QED) is 0.816. The summed E-state index contributed by atoms with van der Waals surface area (Å²) in [5.74, 6) is 0. The number of rotatable bonds is 3. The van der Waals surface area contributed by atoms with E-state index >= 15 is 0 Å². The largest absolute Gasteiger partial charge is 0.322 e. The molecule has 0 aliphatic carbocycles. The number of anilines is 1. The zero-order valence-corrected chi connectivity index (χ0v) is 9.45. The fourth-order valence-electron chi connectivity index (χ4n) is 1.19. The lowest BCUT2D eigenvalue weighted by Crippen LogP contribution is -2.36. The maximum Gasteiger partial charge on any atom is 0.320 e. The van der Waals surface area contributed by atoms with Crippen LogP contribution in [0, 0.1) is 18.3 Å². The minimum atomic E-state index is -0.439. The van der Waals surface area contributed by atoms with E-state index in [1.54, 1.807) is 0 Å². The molecule has 0 spiro atoms. The second kappa shape index (κ2) is 5.76. The van der Waals surface area contributed by atoms with Gasteiger partial charge in [0, 0.05) is 5.69 Å². The first-order valence-electron chi connectivity index (χ1n) is 5.19. The molecule has 0 aromatic heterocycles. The predicted molar refractivity (Wildman–Crippen MR) is 63.0 cm³/mol. The molecule has 0 bridgehead atoms. The van der Waals surface area contributed by atoms with Crippen LogP contribution in [-0.4, -0.2) is 12.1 Å². The molecule has 84 valence electrons. The Morgan fingerprint density at radius 1 is 1.44 bits per heavy atom. The molecular weight excluding hydrogens is 202 g/mol. The summed E-state index contributed by atoms with van der Waals surface area (Å²) in [4.78, 5) is 11.5. The number of hydrogen-bond acceptors (Lipinski definition) is 2. The number of carbonyl (C=O) groups excluding carboxylic acids is 1. The van der Waals surface area contributed by atoms with Gasteiger partial charge in [-0.25, -0.2) is 4.79 Å². The summed E-state index contributed by atoms with van der Waals surface area (Å²) in [5, 5.41) is 13.9. The van der Waals surface area contributed by atoms with Gasteiger partial charge in [0.05, 0.1) is 6.07 Å². The van der Waals surface area contributed by atoms with Crippen LogP contribution in [0.25, 0.3) is 0 Å². The van der Waals surface area contributed by atoms with Gasteiger partial charge in [-0.2, -0.15) is 5.26 Å². The van der Waals surface area contributed by atoms with Crippen LogP contribution in [0.15, 0.2) is 24.3 Å². The standard InChI is InChI=1S/C12H15N3O/c1-3-10(8-13)14-12(16)15-11-6-4-9(2)5-7-11/h4-7,10H,3H2,1-2H3,(H2,14,15,16). The van der Waals surface area contributed by atoms with E-state index < -0.39 is 6.04 Å². The highest BCUT2D eigenvalue weighted by molar-refractivity contribution is 5.89. The minimum Gasteiger partial charge on any atom is -0.322 e. The molecule has 0 heterocycles. The Hall–Kier alpha value is -2.02. The maximum absolute atomic E-state index is 11.5. The van der Waals surface area contributed by atoms with Gasteiger partial charge in [-0.3, -0.25) is 0 Å². The van der Waals surface area contributed by atoms with E-state index in [2.05, 4.69) is 10.6 Å². The Balaban J connectivity index is 2.52. The first kappa shape index (κ1) is 12.1.